The van der Waals surface area contributed by atoms with Crippen LogP contribution >= 0.6 is 27.5 Å². The maximum Gasteiger partial charge on any atom is 0.266 e. The molecule has 6 rings (SSSR count). The Morgan fingerprint density at radius 1 is 0.850 bits per heavy atom. The lowest BCUT2D eigenvalue weighted by molar-refractivity contribution is -0.126. The Labute approximate surface area is 244 Å². The van der Waals surface area contributed by atoms with E-state index >= 15 is 0 Å². The molecule has 202 valence electrons. The van der Waals surface area contributed by atoms with Crippen molar-refractivity contribution in [1.82, 2.24) is 0 Å². The number of para-hydroxylation sites is 1. The highest BCUT2D eigenvalue weighted by Crippen LogP contribution is 2.50. The molecule has 2 amide bonds. The molecule has 2 aliphatic heterocycles. The third-order valence-electron chi connectivity index (χ3n) is 7.05. The van der Waals surface area contributed by atoms with Gasteiger partial charge in [0.15, 0.2) is 17.6 Å². The second kappa shape index (κ2) is 11.0. The second-order valence-electron chi connectivity index (χ2n) is 9.45. The highest BCUT2D eigenvalue weighted by molar-refractivity contribution is 9.10. The van der Waals surface area contributed by atoms with E-state index in [-0.39, 0.29) is 5.91 Å². The summed E-state index contributed by atoms with van der Waals surface area (Å²) in [6.07, 6.45) is -1.000. The molecule has 9 heteroatoms. The van der Waals surface area contributed by atoms with Gasteiger partial charge in [-0.3, -0.25) is 14.4 Å². The number of benzene rings is 4. The van der Waals surface area contributed by atoms with Crippen LogP contribution in [0.1, 0.15) is 17.2 Å². The first-order valence-corrected chi connectivity index (χ1v) is 13.8. The maximum absolute atomic E-state index is 13.9. The summed E-state index contributed by atoms with van der Waals surface area (Å²) in [7, 11) is 1.57. The van der Waals surface area contributed by atoms with Crippen LogP contribution in [0.5, 0.6) is 11.5 Å². The molecule has 0 N–H and O–H groups in total. The molecule has 2 saturated heterocycles. The van der Waals surface area contributed by atoms with Crippen LogP contribution in [-0.2, 0) is 21.0 Å². The van der Waals surface area contributed by atoms with Gasteiger partial charge in [0.1, 0.15) is 12.5 Å². The normalized spacial score (nSPS) is 20.1. The number of imide groups is 1. The third-order valence-corrected chi connectivity index (χ3v) is 7.99. The third kappa shape index (κ3) is 4.72. The highest BCUT2D eigenvalue weighted by Gasteiger charge is 2.60. The van der Waals surface area contributed by atoms with E-state index in [4.69, 9.17) is 25.9 Å². The van der Waals surface area contributed by atoms with Crippen molar-refractivity contribution in [1.29, 1.82) is 0 Å². The van der Waals surface area contributed by atoms with Crippen molar-refractivity contribution in [2.24, 2.45) is 5.92 Å². The summed E-state index contributed by atoms with van der Waals surface area (Å²) in [6, 6.07) is 28.9. The number of carbonyl (C=O) groups is 2. The van der Waals surface area contributed by atoms with E-state index < -0.39 is 24.0 Å². The summed E-state index contributed by atoms with van der Waals surface area (Å²) >= 11 is 9.75. The van der Waals surface area contributed by atoms with Gasteiger partial charge in [-0.2, -0.15) is 0 Å². The minimum Gasteiger partial charge on any atom is -0.493 e. The summed E-state index contributed by atoms with van der Waals surface area (Å²) in [5, 5.41) is 2.16. The zero-order valence-electron chi connectivity index (χ0n) is 21.4. The molecule has 7 nitrogen and oxygen atoms in total. The molecule has 4 aromatic rings. The van der Waals surface area contributed by atoms with Gasteiger partial charge < -0.3 is 9.47 Å². The van der Waals surface area contributed by atoms with Crippen molar-refractivity contribution in [3.05, 3.63) is 118 Å². The van der Waals surface area contributed by atoms with Crippen LogP contribution in [-0.4, -0.2) is 25.0 Å². The average molecular weight is 620 g/mol. The van der Waals surface area contributed by atoms with E-state index in [1.165, 1.54) is 4.90 Å². The number of nitrogens with zero attached hydrogens (tertiary/aromatic N) is 2. The van der Waals surface area contributed by atoms with Crippen LogP contribution < -0.4 is 19.4 Å². The fourth-order valence-corrected chi connectivity index (χ4v) is 5.84. The molecule has 0 spiro atoms. The van der Waals surface area contributed by atoms with Crippen molar-refractivity contribution in [2.45, 2.75) is 18.8 Å². The number of hydroxylamine groups is 1. The van der Waals surface area contributed by atoms with E-state index in [0.29, 0.717) is 33.3 Å². The van der Waals surface area contributed by atoms with E-state index in [1.54, 1.807) is 36.4 Å². The van der Waals surface area contributed by atoms with Gasteiger partial charge in [-0.25, -0.2) is 9.96 Å². The van der Waals surface area contributed by atoms with Crippen LogP contribution in [0.25, 0.3) is 0 Å². The van der Waals surface area contributed by atoms with Crippen molar-refractivity contribution >= 4 is 50.7 Å². The summed E-state index contributed by atoms with van der Waals surface area (Å²) in [4.78, 5) is 35.0. The van der Waals surface area contributed by atoms with Crippen molar-refractivity contribution in [2.75, 3.05) is 17.1 Å². The minimum atomic E-state index is -1.000. The average Bonchev–Trinajstić information content (AvgIpc) is 3.49. The van der Waals surface area contributed by atoms with Crippen LogP contribution in [0.2, 0.25) is 5.02 Å². The van der Waals surface area contributed by atoms with Gasteiger partial charge in [0, 0.05) is 9.50 Å². The quantitative estimate of drug-likeness (QED) is 0.214. The SMILES string of the molecule is COc1cc([C@@H]2[C@@H]3C(=O)N(c4ccc(Cl)cc4)C(=O)[C@@H]3ON2c2ccccc2)c(Br)cc1OCc1ccccc1. The van der Waals surface area contributed by atoms with E-state index in [9.17, 15) is 9.59 Å². The molecule has 4 aromatic carbocycles. The summed E-state index contributed by atoms with van der Waals surface area (Å²) in [6.45, 7) is 0.361. The zero-order chi connectivity index (χ0) is 27.8. The molecule has 2 heterocycles. The maximum atomic E-state index is 13.9. The predicted octanol–water partition coefficient (Wildman–Crippen LogP) is 6.74. The molecule has 40 heavy (non-hydrogen) atoms. The van der Waals surface area contributed by atoms with Crippen LogP contribution in [0.3, 0.4) is 0 Å². The lowest BCUT2D eigenvalue weighted by Crippen LogP contribution is -2.37. The predicted molar refractivity (Wildman–Crippen MR) is 155 cm³/mol. The number of ether oxygens (including phenoxy) is 2. The number of methoxy groups -OCH3 is 1. The van der Waals surface area contributed by atoms with Gasteiger partial charge in [0.05, 0.1) is 24.5 Å². The Balaban J connectivity index is 1.40. The zero-order valence-corrected chi connectivity index (χ0v) is 23.7. The fraction of sp³-hybridized carbons (Fsp3) is 0.161. The first kappa shape index (κ1) is 26.4. The summed E-state index contributed by atoms with van der Waals surface area (Å²) in [5.74, 6) is -0.541. The number of anilines is 2. The van der Waals surface area contributed by atoms with E-state index in [0.717, 1.165) is 16.8 Å². The highest BCUT2D eigenvalue weighted by atomic mass is 79.9. The van der Waals surface area contributed by atoms with Gasteiger partial charge in [-0.05, 0) is 59.7 Å². The molecule has 0 saturated carbocycles. The molecule has 0 unspecified atom stereocenters. The molecular formula is C31H24BrClN2O5. The topological polar surface area (TPSA) is 68.3 Å². The van der Waals surface area contributed by atoms with Gasteiger partial charge in [0.2, 0.25) is 5.91 Å². The Kier molecular flexibility index (Phi) is 7.23. The Bertz CT molecular complexity index is 1550. The number of amides is 2. The molecular weight excluding hydrogens is 596 g/mol. The number of rotatable bonds is 7. The molecule has 2 fully saturated rings. The van der Waals surface area contributed by atoms with Crippen molar-refractivity contribution in [3.63, 3.8) is 0 Å². The lowest BCUT2D eigenvalue weighted by atomic mass is 9.90. The van der Waals surface area contributed by atoms with Gasteiger partial charge in [-0.15, -0.1) is 0 Å². The molecule has 2 aliphatic rings. The largest absolute Gasteiger partial charge is 0.493 e. The molecule has 0 radical (unpaired) electrons. The standard InChI is InChI=1S/C31H24BrClN2O5/c1-38-25-16-23(24(32)17-26(25)39-18-19-8-4-2-5-9-19)28-27-29(40-35(28)22-10-6-3-7-11-22)31(37)34(30(27)36)21-14-12-20(33)13-15-21/h2-17,27-29H,18H2,1H3/t27-,28+,29+/m0/s1. The molecule has 0 aromatic heterocycles. The number of hydrogen-bond acceptors (Lipinski definition) is 6. The molecule has 3 atom stereocenters. The summed E-state index contributed by atoms with van der Waals surface area (Å²) < 4.78 is 12.5. The van der Waals surface area contributed by atoms with E-state index in [2.05, 4.69) is 15.9 Å². The van der Waals surface area contributed by atoms with Crippen molar-refractivity contribution in [3.8, 4) is 11.5 Å². The first-order valence-electron chi connectivity index (χ1n) is 12.6. The lowest BCUT2D eigenvalue weighted by Gasteiger charge is -2.29. The second-order valence-corrected chi connectivity index (χ2v) is 10.7. The van der Waals surface area contributed by atoms with Gasteiger partial charge in [-0.1, -0.05) is 76.1 Å². The number of carbonyl (C=O) groups excluding carboxylic acids is 2. The monoisotopic (exact) mass is 618 g/mol. The molecule has 0 bridgehead atoms. The summed E-state index contributed by atoms with van der Waals surface area (Å²) in [5.41, 5.74) is 2.91. The van der Waals surface area contributed by atoms with Gasteiger partial charge >= 0.3 is 0 Å². The van der Waals surface area contributed by atoms with Crippen LogP contribution in [0, 0.1) is 5.92 Å². The smallest absolute Gasteiger partial charge is 0.266 e. The van der Waals surface area contributed by atoms with E-state index in [1.807, 2.05) is 72.8 Å². The van der Waals surface area contributed by atoms with Crippen LogP contribution in [0.15, 0.2) is 102 Å². The first-order chi connectivity index (χ1) is 19.5. The van der Waals surface area contributed by atoms with Crippen LogP contribution in [0.4, 0.5) is 11.4 Å². The molecule has 0 aliphatic carbocycles. The number of fused-ring (bicyclic) bond motifs is 1. The Hall–Kier alpha value is -3.85. The van der Waals surface area contributed by atoms with Gasteiger partial charge in [0.25, 0.3) is 5.91 Å². The fourth-order valence-electron chi connectivity index (χ4n) is 5.16. The van der Waals surface area contributed by atoms with Crippen molar-refractivity contribution < 1.29 is 23.9 Å². The number of halogens is 2. The Morgan fingerprint density at radius 3 is 2.20 bits per heavy atom. The number of hydrogen-bond donors (Lipinski definition) is 0. The minimum absolute atomic E-state index is 0.351. The Morgan fingerprint density at radius 2 is 1.52 bits per heavy atom.